The number of benzene rings is 2. The minimum absolute atomic E-state index is 0.0732. The fourth-order valence-corrected chi connectivity index (χ4v) is 3.73. The summed E-state index contributed by atoms with van der Waals surface area (Å²) >= 11 is 3.54. The average Bonchev–Trinajstić information content (AvgIpc) is 3.01. The molecule has 0 fully saturated rings. The van der Waals surface area contributed by atoms with Crippen LogP contribution < -0.4 is 10.1 Å². The Balaban J connectivity index is 1.49. The molecule has 0 spiro atoms. The second-order valence-electron chi connectivity index (χ2n) is 9.08. The maximum atomic E-state index is 12.6. The van der Waals surface area contributed by atoms with Crippen LogP contribution in [0.4, 0.5) is 0 Å². The van der Waals surface area contributed by atoms with Gasteiger partial charge < -0.3 is 10.1 Å². The van der Waals surface area contributed by atoms with Gasteiger partial charge in [-0.05, 0) is 77.0 Å². The number of ether oxygens (including phenoxy) is 1. The van der Waals surface area contributed by atoms with Crippen molar-refractivity contribution in [3.05, 3.63) is 81.1 Å². The highest BCUT2D eigenvalue weighted by molar-refractivity contribution is 9.10. The topological polar surface area (TPSA) is 56.2 Å². The minimum atomic E-state index is -0.0732. The summed E-state index contributed by atoms with van der Waals surface area (Å²) in [6.07, 6.45) is 0.813. The number of amides is 1. The van der Waals surface area contributed by atoms with E-state index in [0.717, 1.165) is 40.1 Å². The monoisotopic (exact) mass is 497 g/mol. The van der Waals surface area contributed by atoms with E-state index in [0.29, 0.717) is 18.7 Å². The van der Waals surface area contributed by atoms with Crippen molar-refractivity contribution in [3.8, 4) is 5.75 Å². The quantitative estimate of drug-likeness (QED) is 0.390. The van der Waals surface area contributed by atoms with Gasteiger partial charge in [0.15, 0.2) is 0 Å². The van der Waals surface area contributed by atoms with Gasteiger partial charge in [0.25, 0.3) is 5.91 Å². The molecular formula is C26H32BrN3O2. The first kappa shape index (κ1) is 24.1. The highest BCUT2D eigenvalue weighted by atomic mass is 79.9. The lowest BCUT2D eigenvalue weighted by molar-refractivity contribution is 0.0952. The summed E-state index contributed by atoms with van der Waals surface area (Å²) in [5, 5.41) is 7.50. The van der Waals surface area contributed by atoms with Crippen LogP contribution in [0.15, 0.2) is 53.0 Å². The SMILES string of the molecule is Cc1nn(CCCNC(=O)c2cccc(COc3ccc(C(C)(C)C)cc3)c2)c(C)c1Br. The molecule has 5 nitrogen and oxygen atoms in total. The van der Waals surface area contributed by atoms with Gasteiger partial charge in [-0.25, -0.2) is 0 Å². The van der Waals surface area contributed by atoms with Crippen molar-refractivity contribution in [2.45, 2.75) is 59.6 Å². The second kappa shape index (κ2) is 10.3. The fourth-order valence-electron chi connectivity index (χ4n) is 3.45. The Labute approximate surface area is 199 Å². The van der Waals surface area contributed by atoms with Gasteiger partial charge in [-0.2, -0.15) is 5.10 Å². The summed E-state index contributed by atoms with van der Waals surface area (Å²) < 4.78 is 8.94. The van der Waals surface area contributed by atoms with E-state index in [1.165, 1.54) is 5.56 Å². The molecule has 170 valence electrons. The Morgan fingerprint density at radius 1 is 1.12 bits per heavy atom. The maximum Gasteiger partial charge on any atom is 0.251 e. The van der Waals surface area contributed by atoms with Gasteiger partial charge >= 0.3 is 0 Å². The van der Waals surface area contributed by atoms with Gasteiger partial charge in [0.2, 0.25) is 0 Å². The van der Waals surface area contributed by atoms with Crippen molar-refractivity contribution in [2.24, 2.45) is 0 Å². The van der Waals surface area contributed by atoms with Crippen LogP contribution in [-0.2, 0) is 18.6 Å². The predicted octanol–water partition coefficient (Wildman–Crippen LogP) is 5.96. The molecule has 3 rings (SSSR count). The molecule has 1 N–H and O–H groups in total. The molecule has 6 heteroatoms. The largest absolute Gasteiger partial charge is 0.489 e. The van der Waals surface area contributed by atoms with Crippen LogP contribution >= 0.6 is 15.9 Å². The number of hydrogen-bond acceptors (Lipinski definition) is 3. The van der Waals surface area contributed by atoms with Gasteiger partial charge in [0.05, 0.1) is 10.2 Å². The molecule has 1 aromatic heterocycles. The molecule has 2 aromatic carbocycles. The number of rotatable bonds is 8. The molecule has 0 saturated heterocycles. The third-order valence-corrected chi connectivity index (χ3v) is 6.59. The van der Waals surface area contributed by atoms with Crippen LogP contribution in [-0.4, -0.2) is 22.2 Å². The van der Waals surface area contributed by atoms with E-state index in [9.17, 15) is 4.79 Å². The van der Waals surface area contributed by atoms with E-state index >= 15 is 0 Å². The van der Waals surface area contributed by atoms with Crippen LogP contribution in [0.2, 0.25) is 0 Å². The van der Waals surface area contributed by atoms with Crippen molar-refractivity contribution >= 4 is 21.8 Å². The first-order valence-corrected chi connectivity index (χ1v) is 11.7. The molecule has 0 unspecified atom stereocenters. The molecule has 1 amide bonds. The average molecular weight is 498 g/mol. The van der Waals surface area contributed by atoms with Gasteiger partial charge in [0.1, 0.15) is 12.4 Å². The molecule has 0 aliphatic rings. The highest BCUT2D eigenvalue weighted by Gasteiger charge is 2.13. The molecule has 0 bridgehead atoms. The number of halogens is 1. The fraction of sp³-hybridized carbons (Fsp3) is 0.385. The molecule has 0 saturated carbocycles. The lowest BCUT2D eigenvalue weighted by Crippen LogP contribution is -2.25. The summed E-state index contributed by atoms with van der Waals surface area (Å²) in [6.45, 7) is 12.4. The zero-order valence-corrected chi connectivity index (χ0v) is 21.1. The summed E-state index contributed by atoms with van der Waals surface area (Å²) in [4.78, 5) is 12.6. The minimum Gasteiger partial charge on any atom is -0.489 e. The number of nitrogens with one attached hydrogen (secondary N) is 1. The molecule has 3 aromatic rings. The lowest BCUT2D eigenvalue weighted by Gasteiger charge is -2.19. The van der Waals surface area contributed by atoms with E-state index in [-0.39, 0.29) is 11.3 Å². The molecule has 0 aliphatic heterocycles. The number of nitrogens with zero attached hydrogens (tertiary/aromatic N) is 2. The Hall–Kier alpha value is -2.60. The van der Waals surface area contributed by atoms with E-state index in [1.54, 1.807) is 0 Å². The summed E-state index contributed by atoms with van der Waals surface area (Å²) in [7, 11) is 0. The standard InChI is InChI=1S/C26H32BrN3O2/c1-18-24(27)19(2)30(29-18)15-7-14-28-25(31)21-9-6-8-20(16-21)17-32-23-12-10-22(11-13-23)26(3,4)5/h6,8-13,16H,7,14-15,17H2,1-5H3,(H,28,31). The van der Waals surface area contributed by atoms with Crippen LogP contribution in [0.25, 0.3) is 0 Å². The molecule has 0 radical (unpaired) electrons. The second-order valence-corrected chi connectivity index (χ2v) is 9.87. The Morgan fingerprint density at radius 2 is 1.84 bits per heavy atom. The first-order valence-electron chi connectivity index (χ1n) is 10.9. The Bertz CT molecular complexity index is 1070. The van der Waals surface area contributed by atoms with E-state index < -0.39 is 0 Å². The zero-order chi connectivity index (χ0) is 23.3. The van der Waals surface area contributed by atoms with Crippen LogP contribution in [0.3, 0.4) is 0 Å². The third-order valence-electron chi connectivity index (χ3n) is 5.44. The number of aryl methyl sites for hydroxylation is 2. The molecule has 0 aliphatic carbocycles. The molecular weight excluding hydrogens is 466 g/mol. The van der Waals surface area contributed by atoms with Gasteiger partial charge in [-0.1, -0.05) is 45.0 Å². The van der Waals surface area contributed by atoms with Crippen molar-refractivity contribution in [1.29, 1.82) is 0 Å². The number of carbonyl (C=O) groups excluding carboxylic acids is 1. The normalized spacial score (nSPS) is 11.4. The first-order chi connectivity index (χ1) is 15.1. The van der Waals surface area contributed by atoms with Crippen molar-refractivity contribution in [1.82, 2.24) is 15.1 Å². The van der Waals surface area contributed by atoms with Crippen molar-refractivity contribution < 1.29 is 9.53 Å². The van der Waals surface area contributed by atoms with E-state index in [4.69, 9.17) is 4.74 Å². The zero-order valence-electron chi connectivity index (χ0n) is 19.5. The Morgan fingerprint density at radius 3 is 2.47 bits per heavy atom. The number of aromatic nitrogens is 2. The molecule has 1 heterocycles. The summed E-state index contributed by atoms with van der Waals surface area (Å²) in [6, 6.07) is 15.8. The summed E-state index contributed by atoms with van der Waals surface area (Å²) in [5.41, 5.74) is 5.08. The van der Waals surface area contributed by atoms with Crippen molar-refractivity contribution in [2.75, 3.05) is 6.54 Å². The van der Waals surface area contributed by atoms with Crippen LogP contribution in [0, 0.1) is 13.8 Å². The van der Waals surface area contributed by atoms with E-state index in [2.05, 4.69) is 59.2 Å². The van der Waals surface area contributed by atoms with Gasteiger partial charge in [0, 0.05) is 24.3 Å². The van der Waals surface area contributed by atoms with E-state index in [1.807, 2.05) is 54.9 Å². The highest BCUT2D eigenvalue weighted by Crippen LogP contribution is 2.24. The number of carbonyl (C=O) groups is 1. The maximum absolute atomic E-state index is 12.6. The van der Waals surface area contributed by atoms with Crippen molar-refractivity contribution in [3.63, 3.8) is 0 Å². The molecule has 32 heavy (non-hydrogen) atoms. The molecule has 0 atom stereocenters. The van der Waals surface area contributed by atoms with Crippen LogP contribution in [0.5, 0.6) is 5.75 Å². The number of hydrogen-bond donors (Lipinski definition) is 1. The lowest BCUT2D eigenvalue weighted by atomic mass is 9.87. The van der Waals surface area contributed by atoms with Gasteiger partial charge in [-0.3, -0.25) is 9.48 Å². The Kier molecular flexibility index (Phi) is 7.77. The summed E-state index contributed by atoms with van der Waals surface area (Å²) in [5.74, 6) is 0.750. The van der Waals surface area contributed by atoms with Gasteiger partial charge in [-0.15, -0.1) is 0 Å². The third kappa shape index (κ3) is 6.22. The predicted molar refractivity (Wildman–Crippen MR) is 132 cm³/mol. The van der Waals surface area contributed by atoms with Crippen LogP contribution in [0.1, 0.15) is 60.1 Å². The smallest absolute Gasteiger partial charge is 0.251 e.